The van der Waals surface area contributed by atoms with E-state index in [1.54, 1.807) is 17.5 Å². The standard InChI is InChI=1S/C19H26N2O4/c1-4-6-8-14(12-17(23)24)11-15(22)18-13(3)20-19-16(25-5-2)9-7-10-21(18)19/h7,9-10,14H,4-6,8,11-12H2,1-3H3,(H,23,24)/t14-/m0/s1. The van der Waals surface area contributed by atoms with E-state index < -0.39 is 5.97 Å². The number of carboxylic acid groups (broad SMARTS) is 1. The molecule has 6 heteroatoms. The van der Waals surface area contributed by atoms with Crippen LogP contribution < -0.4 is 4.74 Å². The maximum Gasteiger partial charge on any atom is 0.303 e. The highest BCUT2D eigenvalue weighted by Crippen LogP contribution is 2.25. The van der Waals surface area contributed by atoms with Crippen LogP contribution in [0, 0.1) is 12.8 Å². The summed E-state index contributed by atoms with van der Waals surface area (Å²) in [6, 6.07) is 3.65. The number of nitrogens with zero attached hydrogens (tertiary/aromatic N) is 2. The van der Waals surface area contributed by atoms with Crippen LogP contribution >= 0.6 is 0 Å². The van der Waals surface area contributed by atoms with Gasteiger partial charge in [0.1, 0.15) is 5.69 Å². The molecule has 1 N–H and O–H groups in total. The monoisotopic (exact) mass is 346 g/mol. The number of imidazole rings is 1. The number of aliphatic carboxylic acids is 1. The Morgan fingerprint density at radius 2 is 2.08 bits per heavy atom. The fourth-order valence-electron chi connectivity index (χ4n) is 3.14. The lowest BCUT2D eigenvalue weighted by atomic mass is 9.92. The maximum atomic E-state index is 12.9. The molecule has 25 heavy (non-hydrogen) atoms. The highest BCUT2D eigenvalue weighted by Gasteiger charge is 2.23. The maximum absolute atomic E-state index is 12.9. The molecule has 0 saturated heterocycles. The van der Waals surface area contributed by atoms with Crippen LogP contribution in [0.3, 0.4) is 0 Å². The molecule has 6 nitrogen and oxygen atoms in total. The van der Waals surface area contributed by atoms with E-state index in [0.717, 1.165) is 19.3 Å². The van der Waals surface area contributed by atoms with Gasteiger partial charge in [0, 0.05) is 19.0 Å². The molecule has 0 aliphatic heterocycles. The number of hydrogen-bond acceptors (Lipinski definition) is 4. The first-order chi connectivity index (χ1) is 12.0. The molecule has 2 heterocycles. The molecular formula is C19H26N2O4. The zero-order chi connectivity index (χ0) is 18.4. The third-order valence-corrected chi connectivity index (χ3v) is 4.26. The van der Waals surface area contributed by atoms with Gasteiger partial charge in [-0.3, -0.25) is 14.0 Å². The predicted octanol–water partition coefficient (Wildman–Crippen LogP) is 3.90. The largest absolute Gasteiger partial charge is 0.490 e. The molecule has 1 atom stereocenters. The molecule has 0 spiro atoms. The van der Waals surface area contributed by atoms with Crippen molar-refractivity contribution in [3.05, 3.63) is 29.7 Å². The molecule has 2 aromatic rings. The van der Waals surface area contributed by atoms with Crippen LogP contribution in [0.1, 0.15) is 62.1 Å². The molecular weight excluding hydrogens is 320 g/mol. The number of Topliss-reactive ketones (excluding diaryl/α,β-unsaturated/α-hetero) is 1. The molecule has 0 bridgehead atoms. The van der Waals surface area contributed by atoms with E-state index in [1.807, 2.05) is 19.1 Å². The summed E-state index contributed by atoms with van der Waals surface area (Å²) >= 11 is 0. The fraction of sp³-hybridized carbons (Fsp3) is 0.526. The number of fused-ring (bicyclic) bond motifs is 1. The highest BCUT2D eigenvalue weighted by molar-refractivity contribution is 5.97. The predicted molar refractivity (Wildman–Crippen MR) is 95.3 cm³/mol. The molecule has 0 amide bonds. The van der Waals surface area contributed by atoms with Crippen LogP contribution in [0.4, 0.5) is 0 Å². The number of aromatic nitrogens is 2. The smallest absolute Gasteiger partial charge is 0.303 e. The molecule has 2 aromatic heterocycles. The van der Waals surface area contributed by atoms with Crippen molar-refractivity contribution in [2.75, 3.05) is 6.61 Å². The SMILES string of the molecule is CCCC[C@H](CC(=O)O)CC(=O)c1c(C)nc2c(OCC)cccn12. The van der Waals surface area contributed by atoms with Crippen molar-refractivity contribution in [3.8, 4) is 5.75 Å². The van der Waals surface area contributed by atoms with Crippen molar-refractivity contribution in [2.45, 2.75) is 52.9 Å². The van der Waals surface area contributed by atoms with Crippen LogP contribution in [0.5, 0.6) is 5.75 Å². The average Bonchev–Trinajstić information content (AvgIpc) is 2.89. The Balaban J connectivity index is 2.30. The van der Waals surface area contributed by atoms with Crippen LogP contribution in [-0.4, -0.2) is 32.9 Å². The Bertz CT molecular complexity index is 751. The van der Waals surface area contributed by atoms with Crippen LogP contribution in [0.15, 0.2) is 18.3 Å². The zero-order valence-corrected chi connectivity index (χ0v) is 15.1. The summed E-state index contributed by atoms with van der Waals surface area (Å²) in [5, 5.41) is 9.10. The zero-order valence-electron chi connectivity index (χ0n) is 15.1. The van der Waals surface area contributed by atoms with Gasteiger partial charge < -0.3 is 9.84 Å². The van der Waals surface area contributed by atoms with Crippen molar-refractivity contribution in [3.63, 3.8) is 0 Å². The lowest BCUT2D eigenvalue weighted by Gasteiger charge is -2.14. The van der Waals surface area contributed by atoms with E-state index in [0.29, 0.717) is 29.4 Å². The van der Waals surface area contributed by atoms with E-state index in [9.17, 15) is 9.59 Å². The van der Waals surface area contributed by atoms with E-state index in [2.05, 4.69) is 11.9 Å². The third-order valence-electron chi connectivity index (χ3n) is 4.26. The van der Waals surface area contributed by atoms with Crippen LogP contribution in [0.2, 0.25) is 0 Å². The van der Waals surface area contributed by atoms with Gasteiger partial charge in [0.15, 0.2) is 17.2 Å². The van der Waals surface area contributed by atoms with Gasteiger partial charge in [-0.2, -0.15) is 0 Å². The molecule has 0 unspecified atom stereocenters. The second-order valence-corrected chi connectivity index (χ2v) is 6.28. The fourth-order valence-corrected chi connectivity index (χ4v) is 3.14. The van der Waals surface area contributed by atoms with Crippen molar-refractivity contribution < 1.29 is 19.4 Å². The Morgan fingerprint density at radius 1 is 1.32 bits per heavy atom. The molecule has 0 aromatic carbocycles. The lowest BCUT2D eigenvalue weighted by Crippen LogP contribution is -2.15. The number of ether oxygens (including phenoxy) is 1. The Morgan fingerprint density at radius 3 is 2.72 bits per heavy atom. The van der Waals surface area contributed by atoms with E-state index >= 15 is 0 Å². The Hall–Kier alpha value is -2.37. The molecule has 0 aliphatic rings. The van der Waals surface area contributed by atoms with Gasteiger partial charge in [-0.1, -0.05) is 19.8 Å². The highest BCUT2D eigenvalue weighted by atomic mass is 16.5. The lowest BCUT2D eigenvalue weighted by molar-refractivity contribution is -0.138. The molecule has 0 aliphatic carbocycles. The molecule has 136 valence electrons. The minimum Gasteiger partial charge on any atom is -0.490 e. The number of ketones is 1. The van der Waals surface area contributed by atoms with E-state index in [1.165, 1.54) is 0 Å². The van der Waals surface area contributed by atoms with Crippen molar-refractivity contribution in [2.24, 2.45) is 5.92 Å². The minimum absolute atomic E-state index is 0.0196. The van der Waals surface area contributed by atoms with Crippen molar-refractivity contribution >= 4 is 17.4 Å². The van der Waals surface area contributed by atoms with Crippen LogP contribution in [0.25, 0.3) is 5.65 Å². The second kappa shape index (κ2) is 8.65. The van der Waals surface area contributed by atoms with E-state index in [4.69, 9.17) is 9.84 Å². The number of carboxylic acids is 1. The van der Waals surface area contributed by atoms with Gasteiger partial charge in [-0.05, 0) is 38.3 Å². The van der Waals surface area contributed by atoms with Crippen LogP contribution in [-0.2, 0) is 4.79 Å². The van der Waals surface area contributed by atoms with Crippen molar-refractivity contribution in [1.29, 1.82) is 0 Å². The Kier molecular flexibility index (Phi) is 6.56. The molecule has 0 radical (unpaired) electrons. The number of rotatable bonds is 10. The average molecular weight is 346 g/mol. The first-order valence-corrected chi connectivity index (χ1v) is 8.83. The summed E-state index contributed by atoms with van der Waals surface area (Å²) in [5.74, 6) is -0.436. The number of carbonyl (C=O) groups is 2. The Labute approximate surface area is 147 Å². The first kappa shape index (κ1) is 19.0. The minimum atomic E-state index is -0.859. The second-order valence-electron chi connectivity index (χ2n) is 6.28. The van der Waals surface area contributed by atoms with Gasteiger partial charge in [0.05, 0.1) is 12.3 Å². The number of unbranched alkanes of at least 4 members (excludes halogenated alkanes) is 1. The summed E-state index contributed by atoms with van der Waals surface area (Å²) in [6.07, 6.45) is 4.69. The van der Waals surface area contributed by atoms with Gasteiger partial charge in [0.2, 0.25) is 0 Å². The summed E-state index contributed by atoms with van der Waals surface area (Å²) in [6.45, 7) is 6.28. The summed E-state index contributed by atoms with van der Waals surface area (Å²) in [7, 11) is 0. The summed E-state index contributed by atoms with van der Waals surface area (Å²) in [5.41, 5.74) is 1.78. The van der Waals surface area contributed by atoms with Gasteiger partial charge in [0.25, 0.3) is 0 Å². The van der Waals surface area contributed by atoms with Gasteiger partial charge >= 0.3 is 5.97 Å². The molecule has 2 rings (SSSR count). The summed E-state index contributed by atoms with van der Waals surface area (Å²) in [4.78, 5) is 28.4. The van der Waals surface area contributed by atoms with Crippen molar-refractivity contribution in [1.82, 2.24) is 9.38 Å². The topological polar surface area (TPSA) is 80.9 Å². The van der Waals surface area contributed by atoms with Gasteiger partial charge in [-0.25, -0.2) is 4.98 Å². The third kappa shape index (κ3) is 4.59. The normalized spacial score (nSPS) is 12.3. The first-order valence-electron chi connectivity index (χ1n) is 8.83. The van der Waals surface area contributed by atoms with Gasteiger partial charge in [-0.15, -0.1) is 0 Å². The summed E-state index contributed by atoms with van der Waals surface area (Å²) < 4.78 is 7.33. The number of carbonyl (C=O) groups excluding carboxylic acids is 1. The number of pyridine rings is 1. The quantitative estimate of drug-likeness (QED) is 0.660. The number of hydrogen-bond donors (Lipinski definition) is 1. The number of aryl methyl sites for hydroxylation is 1. The molecule has 0 fully saturated rings. The van der Waals surface area contributed by atoms with E-state index in [-0.39, 0.29) is 24.5 Å². The molecule has 0 saturated carbocycles.